The lowest BCUT2D eigenvalue weighted by atomic mass is 10.0. The number of anilines is 1. The molecule has 1 aromatic heterocycles. The summed E-state index contributed by atoms with van der Waals surface area (Å²) in [6, 6.07) is 20.1. The van der Waals surface area contributed by atoms with E-state index >= 15 is 0 Å². The van der Waals surface area contributed by atoms with Gasteiger partial charge in [-0.3, -0.25) is 0 Å². The molecule has 2 aromatic carbocycles. The first-order chi connectivity index (χ1) is 11.3. The maximum absolute atomic E-state index is 4.64. The van der Waals surface area contributed by atoms with E-state index in [-0.39, 0.29) is 0 Å². The molecule has 0 amide bonds. The van der Waals surface area contributed by atoms with Gasteiger partial charge in [0.25, 0.3) is 0 Å². The van der Waals surface area contributed by atoms with Crippen molar-refractivity contribution in [3.05, 3.63) is 82.8 Å². The highest BCUT2D eigenvalue weighted by molar-refractivity contribution is 7.09. The van der Waals surface area contributed by atoms with Gasteiger partial charge in [0.05, 0.1) is 5.69 Å². The molecule has 1 aliphatic rings. The molecule has 6 heteroatoms. The molecule has 3 aromatic rings. The Morgan fingerprint density at radius 1 is 0.957 bits per heavy atom. The van der Waals surface area contributed by atoms with Gasteiger partial charge in [0.15, 0.2) is 0 Å². The lowest BCUT2D eigenvalue weighted by molar-refractivity contribution is 0.193. The third-order valence-corrected chi connectivity index (χ3v) is 4.79. The molecule has 4 rings (SSSR count). The molecule has 0 N–H and O–H groups in total. The van der Waals surface area contributed by atoms with Crippen LogP contribution in [0.25, 0.3) is 0 Å². The molecule has 0 fully saturated rings. The monoisotopic (exact) mass is 321 g/mol. The van der Waals surface area contributed by atoms with Crippen molar-refractivity contribution in [2.75, 3.05) is 12.2 Å². The van der Waals surface area contributed by atoms with E-state index < -0.39 is 5.66 Å². The van der Waals surface area contributed by atoms with Gasteiger partial charge >= 0.3 is 0 Å². The second kappa shape index (κ2) is 5.57. The largest absolute Gasteiger partial charge is 0.245 e. The summed E-state index contributed by atoms with van der Waals surface area (Å²) in [6.07, 6.45) is 1.80. The first kappa shape index (κ1) is 14.0. The normalized spacial score (nSPS) is 21.0. The van der Waals surface area contributed by atoms with Gasteiger partial charge in [-0.05, 0) is 12.1 Å². The van der Waals surface area contributed by atoms with Crippen molar-refractivity contribution in [2.45, 2.75) is 5.66 Å². The molecular weight excluding hydrogens is 306 g/mol. The summed E-state index contributed by atoms with van der Waals surface area (Å²) >= 11 is 1.58. The smallest absolute Gasteiger partial charge is 0.231 e. The predicted octanol–water partition coefficient (Wildman–Crippen LogP) is 4.08. The topological polar surface area (TPSA) is 44.1 Å². The molecular formula is C17H15N5S. The Kier molecular flexibility index (Phi) is 3.40. The van der Waals surface area contributed by atoms with E-state index in [0.717, 1.165) is 16.3 Å². The number of rotatable bonds is 3. The van der Waals surface area contributed by atoms with Gasteiger partial charge in [0, 0.05) is 24.2 Å². The summed E-state index contributed by atoms with van der Waals surface area (Å²) < 4.78 is 0. The van der Waals surface area contributed by atoms with Gasteiger partial charge in [-0.25, -0.2) is 4.98 Å². The molecule has 114 valence electrons. The molecule has 2 heterocycles. The van der Waals surface area contributed by atoms with Crippen molar-refractivity contribution < 1.29 is 0 Å². The number of hydrazine groups is 1. The van der Waals surface area contributed by atoms with Crippen molar-refractivity contribution in [1.82, 2.24) is 9.99 Å². The van der Waals surface area contributed by atoms with Crippen LogP contribution in [0, 0.1) is 0 Å². The quantitative estimate of drug-likeness (QED) is 0.730. The highest BCUT2D eigenvalue weighted by Crippen LogP contribution is 2.43. The minimum Gasteiger partial charge on any atom is -0.245 e. The molecule has 1 atom stereocenters. The fourth-order valence-electron chi connectivity index (χ4n) is 2.77. The average Bonchev–Trinajstić information content (AvgIpc) is 3.25. The lowest BCUT2D eigenvalue weighted by Crippen LogP contribution is -2.46. The van der Waals surface area contributed by atoms with E-state index in [1.165, 1.54) is 0 Å². The standard InChI is InChI=1S/C17H15N5S/c1-21-17(16-18-12-13-23-16,14-8-4-2-5-9-14)19-20-22(21)15-10-6-3-7-11-15/h2-13H,1H3. The third kappa shape index (κ3) is 2.15. The number of hydrogen-bond donors (Lipinski definition) is 0. The molecule has 0 saturated carbocycles. The maximum Gasteiger partial charge on any atom is 0.231 e. The number of thiazole rings is 1. The zero-order valence-electron chi connectivity index (χ0n) is 12.6. The van der Waals surface area contributed by atoms with Gasteiger partial charge in [-0.15, -0.1) is 16.5 Å². The first-order valence-electron chi connectivity index (χ1n) is 7.29. The fraction of sp³-hybridized carbons (Fsp3) is 0.118. The van der Waals surface area contributed by atoms with E-state index in [1.807, 2.05) is 71.1 Å². The van der Waals surface area contributed by atoms with Gasteiger partial charge in [-0.1, -0.05) is 53.8 Å². The summed E-state index contributed by atoms with van der Waals surface area (Å²) in [4.78, 5) is 4.52. The lowest BCUT2D eigenvalue weighted by Gasteiger charge is -2.34. The molecule has 1 unspecified atom stereocenters. The Bertz CT molecular complexity index is 804. The number of benzene rings is 2. The van der Waals surface area contributed by atoms with Gasteiger partial charge in [0.1, 0.15) is 5.01 Å². The van der Waals surface area contributed by atoms with E-state index in [1.54, 1.807) is 17.5 Å². The van der Waals surface area contributed by atoms with Crippen molar-refractivity contribution in [3.63, 3.8) is 0 Å². The summed E-state index contributed by atoms with van der Waals surface area (Å²) in [5.41, 5.74) is 1.28. The molecule has 5 nitrogen and oxygen atoms in total. The summed E-state index contributed by atoms with van der Waals surface area (Å²) in [5.74, 6) is 0. The van der Waals surface area contributed by atoms with Gasteiger partial charge in [0.2, 0.25) is 5.66 Å². The Labute approximate surface area is 138 Å². The molecule has 0 saturated heterocycles. The van der Waals surface area contributed by atoms with Crippen LogP contribution in [0.3, 0.4) is 0 Å². The Morgan fingerprint density at radius 3 is 2.30 bits per heavy atom. The fourth-order valence-corrected chi connectivity index (χ4v) is 3.60. The minimum absolute atomic E-state index is 0.731. The first-order valence-corrected chi connectivity index (χ1v) is 8.17. The molecule has 0 aliphatic carbocycles. The van der Waals surface area contributed by atoms with Crippen LogP contribution >= 0.6 is 11.3 Å². The van der Waals surface area contributed by atoms with Crippen LogP contribution in [0.2, 0.25) is 0 Å². The Morgan fingerprint density at radius 2 is 1.65 bits per heavy atom. The second-order valence-electron chi connectivity index (χ2n) is 5.21. The van der Waals surface area contributed by atoms with E-state index in [9.17, 15) is 0 Å². The van der Waals surface area contributed by atoms with Crippen LogP contribution in [0.4, 0.5) is 5.69 Å². The SMILES string of the molecule is CN1N(c2ccccc2)N=NC1(c1ccccc1)c1nccs1. The third-order valence-electron chi connectivity index (χ3n) is 3.92. The summed E-state index contributed by atoms with van der Waals surface area (Å²) in [7, 11) is 1.99. The van der Waals surface area contributed by atoms with Crippen molar-refractivity contribution >= 4 is 17.0 Å². The predicted molar refractivity (Wildman–Crippen MR) is 90.9 cm³/mol. The van der Waals surface area contributed by atoms with Crippen molar-refractivity contribution in [2.24, 2.45) is 10.3 Å². The number of para-hydroxylation sites is 1. The zero-order valence-corrected chi connectivity index (χ0v) is 13.4. The van der Waals surface area contributed by atoms with E-state index in [2.05, 4.69) is 27.5 Å². The van der Waals surface area contributed by atoms with E-state index in [4.69, 9.17) is 0 Å². The Balaban J connectivity index is 1.85. The van der Waals surface area contributed by atoms with Crippen LogP contribution in [0.15, 0.2) is 82.6 Å². The number of hydrogen-bond acceptors (Lipinski definition) is 6. The van der Waals surface area contributed by atoms with Crippen LogP contribution in [0.5, 0.6) is 0 Å². The summed E-state index contributed by atoms with van der Waals surface area (Å²) in [6.45, 7) is 0. The van der Waals surface area contributed by atoms with Crippen LogP contribution < -0.4 is 5.12 Å². The Hall–Kier alpha value is -2.57. The molecule has 23 heavy (non-hydrogen) atoms. The highest BCUT2D eigenvalue weighted by atomic mass is 32.1. The van der Waals surface area contributed by atoms with E-state index in [0.29, 0.717) is 0 Å². The van der Waals surface area contributed by atoms with Crippen molar-refractivity contribution in [1.29, 1.82) is 0 Å². The van der Waals surface area contributed by atoms with Crippen LogP contribution in [-0.4, -0.2) is 17.0 Å². The maximum atomic E-state index is 4.64. The van der Waals surface area contributed by atoms with Gasteiger partial charge in [-0.2, -0.15) is 10.1 Å². The number of aromatic nitrogens is 1. The van der Waals surface area contributed by atoms with Gasteiger partial charge < -0.3 is 0 Å². The van der Waals surface area contributed by atoms with Crippen LogP contribution in [-0.2, 0) is 5.66 Å². The molecule has 0 spiro atoms. The van der Waals surface area contributed by atoms with Crippen LogP contribution in [0.1, 0.15) is 10.6 Å². The average molecular weight is 321 g/mol. The summed E-state index contributed by atoms with van der Waals surface area (Å²) in [5, 5.41) is 15.8. The van der Waals surface area contributed by atoms with Crippen molar-refractivity contribution in [3.8, 4) is 0 Å². The number of nitrogens with zero attached hydrogens (tertiary/aromatic N) is 5. The zero-order chi connectivity index (χ0) is 15.7. The minimum atomic E-state index is -0.731. The highest BCUT2D eigenvalue weighted by Gasteiger charge is 2.48. The molecule has 0 bridgehead atoms. The molecule has 0 radical (unpaired) electrons. The second-order valence-corrected chi connectivity index (χ2v) is 6.11. The molecule has 1 aliphatic heterocycles.